The molecular weight excluding hydrogens is 200 g/mol. The van der Waals surface area contributed by atoms with E-state index in [0.717, 1.165) is 23.7 Å². The van der Waals surface area contributed by atoms with Crippen LogP contribution in [0.15, 0.2) is 0 Å². The van der Waals surface area contributed by atoms with E-state index in [1.165, 1.54) is 19.3 Å². The average Bonchev–Trinajstić information content (AvgIpc) is 2.67. The van der Waals surface area contributed by atoms with Gasteiger partial charge in [0.05, 0.1) is 6.04 Å². The summed E-state index contributed by atoms with van der Waals surface area (Å²) >= 11 is 0. The minimum Gasteiger partial charge on any atom is -0.351 e. The van der Waals surface area contributed by atoms with Crippen molar-refractivity contribution < 1.29 is 4.79 Å². The number of nitrogens with two attached hydrogens (primary N) is 1. The first-order valence-corrected chi connectivity index (χ1v) is 6.65. The Kier molecular flexibility index (Phi) is 2.29. The van der Waals surface area contributed by atoms with Crippen LogP contribution in [-0.4, -0.2) is 18.0 Å². The Hall–Kier alpha value is -0.570. The molecule has 3 aliphatic rings. The van der Waals surface area contributed by atoms with Gasteiger partial charge in [-0.25, -0.2) is 0 Å². The Morgan fingerprint density at radius 2 is 1.81 bits per heavy atom. The van der Waals surface area contributed by atoms with Crippen molar-refractivity contribution in [3.63, 3.8) is 0 Å². The zero-order chi connectivity index (χ0) is 11.4. The monoisotopic (exact) mass is 222 g/mol. The van der Waals surface area contributed by atoms with E-state index in [1.807, 2.05) is 13.8 Å². The number of hydrogen-bond donors (Lipinski definition) is 2. The highest BCUT2D eigenvalue weighted by molar-refractivity contribution is 5.82. The van der Waals surface area contributed by atoms with Gasteiger partial charge in [-0.1, -0.05) is 13.8 Å². The fourth-order valence-electron chi connectivity index (χ4n) is 4.08. The van der Waals surface area contributed by atoms with E-state index >= 15 is 0 Å². The molecule has 3 nitrogen and oxygen atoms in total. The van der Waals surface area contributed by atoms with E-state index in [-0.39, 0.29) is 17.9 Å². The Balaban J connectivity index is 1.57. The number of hydrogen-bond acceptors (Lipinski definition) is 2. The molecule has 3 rings (SSSR count). The third-order valence-electron chi connectivity index (χ3n) is 5.07. The van der Waals surface area contributed by atoms with Crippen LogP contribution in [0.25, 0.3) is 0 Å². The van der Waals surface area contributed by atoms with Crippen molar-refractivity contribution in [3.8, 4) is 0 Å². The van der Waals surface area contributed by atoms with Gasteiger partial charge in [0, 0.05) is 6.04 Å². The molecule has 0 radical (unpaired) electrons. The fraction of sp³-hybridized carbons (Fsp3) is 0.923. The number of carbonyl (C=O) groups excluding carboxylic acids is 1. The maximum Gasteiger partial charge on any atom is 0.237 e. The topological polar surface area (TPSA) is 55.1 Å². The van der Waals surface area contributed by atoms with Crippen molar-refractivity contribution >= 4 is 5.91 Å². The van der Waals surface area contributed by atoms with E-state index in [0.29, 0.717) is 6.04 Å². The lowest BCUT2D eigenvalue weighted by Crippen LogP contribution is -2.45. The van der Waals surface area contributed by atoms with E-state index < -0.39 is 0 Å². The summed E-state index contributed by atoms with van der Waals surface area (Å²) in [4.78, 5) is 11.9. The van der Waals surface area contributed by atoms with Gasteiger partial charge in [-0.15, -0.1) is 0 Å². The number of carbonyl (C=O) groups is 1. The molecule has 4 unspecified atom stereocenters. The maximum atomic E-state index is 11.9. The second-order valence-electron chi connectivity index (χ2n) is 6.29. The number of fused-ring (bicyclic) bond motifs is 5. The Morgan fingerprint density at radius 1 is 1.25 bits per heavy atom. The Labute approximate surface area is 97.2 Å². The highest BCUT2D eigenvalue weighted by Crippen LogP contribution is 2.65. The summed E-state index contributed by atoms with van der Waals surface area (Å²) in [6, 6.07) is 0.141. The lowest BCUT2D eigenvalue weighted by molar-refractivity contribution is -0.123. The van der Waals surface area contributed by atoms with E-state index in [1.54, 1.807) is 0 Å². The van der Waals surface area contributed by atoms with Gasteiger partial charge in [-0.05, 0) is 48.9 Å². The van der Waals surface area contributed by atoms with Crippen molar-refractivity contribution in [2.45, 2.75) is 45.2 Å². The van der Waals surface area contributed by atoms with Crippen molar-refractivity contribution in [2.24, 2.45) is 35.3 Å². The third-order valence-corrected chi connectivity index (χ3v) is 5.07. The minimum absolute atomic E-state index is 0.0637. The molecule has 5 atom stereocenters. The van der Waals surface area contributed by atoms with E-state index in [9.17, 15) is 4.79 Å². The molecule has 0 aromatic heterocycles. The van der Waals surface area contributed by atoms with Gasteiger partial charge in [0.2, 0.25) is 5.91 Å². The summed E-state index contributed by atoms with van der Waals surface area (Å²) in [6.45, 7) is 4.00. The largest absolute Gasteiger partial charge is 0.351 e. The second kappa shape index (κ2) is 3.46. The predicted molar refractivity (Wildman–Crippen MR) is 62.6 cm³/mol. The predicted octanol–water partition coefficient (Wildman–Crippen LogP) is 1.13. The van der Waals surface area contributed by atoms with Crippen LogP contribution in [0, 0.1) is 29.6 Å². The van der Waals surface area contributed by atoms with Gasteiger partial charge in [0.1, 0.15) is 0 Å². The van der Waals surface area contributed by atoms with Crippen molar-refractivity contribution in [2.75, 3.05) is 0 Å². The highest BCUT2D eigenvalue weighted by atomic mass is 16.2. The molecule has 90 valence electrons. The molecule has 3 N–H and O–H groups in total. The fourth-order valence-corrected chi connectivity index (χ4v) is 4.08. The molecule has 2 bridgehead atoms. The molecule has 16 heavy (non-hydrogen) atoms. The van der Waals surface area contributed by atoms with Crippen LogP contribution in [-0.2, 0) is 4.79 Å². The van der Waals surface area contributed by atoms with Crippen LogP contribution in [0.1, 0.15) is 33.1 Å². The van der Waals surface area contributed by atoms with Crippen molar-refractivity contribution in [1.82, 2.24) is 5.32 Å². The molecule has 3 heteroatoms. The van der Waals surface area contributed by atoms with Crippen LogP contribution in [0.3, 0.4) is 0 Å². The van der Waals surface area contributed by atoms with Crippen LogP contribution in [0.4, 0.5) is 0 Å². The number of rotatable bonds is 3. The molecule has 3 saturated carbocycles. The molecule has 3 aliphatic carbocycles. The van der Waals surface area contributed by atoms with Gasteiger partial charge >= 0.3 is 0 Å². The molecule has 0 heterocycles. The summed E-state index contributed by atoms with van der Waals surface area (Å²) in [7, 11) is 0. The van der Waals surface area contributed by atoms with Gasteiger partial charge < -0.3 is 11.1 Å². The normalized spacial score (nSPS) is 45.6. The van der Waals surface area contributed by atoms with Gasteiger partial charge in [-0.2, -0.15) is 0 Å². The maximum absolute atomic E-state index is 11.9. The lowest BCUT2D eigenvalue weighted by atomic mass is 10.0. The third kappa shape index (κ3) is 1.41. The molecule has 0 aromatic rings. The first-order valence-electron chi connectivity index (χ1n) is 6.65. The highest BCUT2D eigenvalue weighted by Gasteiger charge is 2.65. The average molecular weight is 222 g/mol. The summed E-state index contributed by atoms with van der Waals surface area (Å²) in [5.41, 5.74) is 5.86. The van der Waals surface area contributed by atoms with Gasteiger partial charge in [0.25, 0.3) is 0 Å². The van der Waals surface area contributed by atoms with E-state index in [4.69, 9.17) is 5.73 Å². The van der Waals surface area contributed by atoms with Crippen LogP contribution in [0.2, 0.25) is 0 Å². The van der Waals surface area contributed by atoms with Gasteiger partial charge in [0.15, 0.2) is 0 Å². The SMILES string of the molecule is CC(C)[C@H](N)C(=O)NC1C2C3CCC(C3)C12. The van der Waals surface area contributed by atoms with Crippen LogP contribution < -0.4 is 11.1 Å². The van der Waals surface area contributed by atoms with Gasteiger partial charge in [-0.3, -0.25) is 4.79 Å². The summed E-state index contributed by atoms with van der Waals surface area (Å²) < 4.78 is 0. The van der Waals surface area contributed by atoms with E-state index in [2.05, 4.69) is 5.32 Å². The van der Waals surface area contributed by atoms with Crippen molar-refractivity contribution in [1.29, 1.82) is 0 Å². The zero-order valence-electron chi connectivity index (χ0n) is 10.1. The molecule has 0 saturated heterocycles. The van der Waals surface area contributed by atoms with Crippen molar-refractivity contribution in [3.05, 3.63) is 0 Å². The quantitative estimate of drug-likeness (QED) is 0.752. The lowest BCUT2D eigenvalue weighted by Gasteiger charge is -2.17. The zero-order valence-corrected chi connectivity index (χ0v) is 10.1. The molecule has 0 aliphatic heterocycles. The summed E-state index contributed by atoms with van der Waals surface area (Å²) in [6.07, 6.45) is 4.22. The molecule has 0 aromatic carbocycles. The first kappa shape index (κ1) is 10.6. The molecule has 1 amide bonds. The Bertz CT molecular complexity index is 299. The summed E-state index contributed by atoms with van der Waals surface area (Å²) in [5.74, 6) is 3.74. The molecule has 0 spiro atoms. The smallest absolute Gasteiger partial charge is 0.237 e. The second-order valence-corrected chi connectivity index (χ2v) is 6.29. The minimum atomic E-state index is -0.334. The molecule has 3 fully saturated rings. The number of nitrogens with one attached hydrogen (secondary N) is 1. The summed E-state index contributed by atoms with van der Waals surface area (Å²) in [5, 5.41) is 3.17. The van der Waals surface area contributed by atoms with Crippen LogP contribution in [0.5, 0.6) is 0 Å². The Morgan fingerprint density at radius 3 is 2.31 bits per heavy atom. The van der Waals surface area contributed by atoms with Crippen LogP contribution >= 0.6 is 0 Å². The first-order chi connectivity index (χ1) is 7.59. The molecular formula is C13H22N2O. The standard InChI is InChI=1S/C13H22N2O/c1-6(2)11(14)13(16)15-12-9-7-3-4-8(5-7)10(9)12/h6-12H,3-5,14H2,1-2H3,(H,15,16)/t7?,8?,9?,10?,11-,12?/m0/s1. The number of amides is 1.